The summed E-state index contributed by atoms with van der Waals surface area (Å²) in [5.74, 6) is -7.20. The van der Waals surface area contributed by atoms with Crippen LogP contribution < -0.4 is 21.3 Å². The molecule has 5 amide bonds. The molecule has 6 atom stereocenters. The van der Waals surface area contributed by atoms with Crippen LogP contribution in [0.2, 0.25) is 0 Å². The molecule has 5 aliphatic rings. The fourth-order valence-corrected chi connectivity index (χ4v) is 8.23. The quantitative estimate of drug-likeness (QED) is 0.282. The number of ketones is 1. The first-order valence-corrected chi connectivity index (χ1v) is 16.1. The molecule has 5 fully saturated rings. The van der Waals surface area contributed by atoms with Crippen LogP contribution >= 0.6 is 0 Å². The lowest BCUT2D eigenvalue weighted by molar-refractivity contribution is -0.177. The van der Waals surface area contributed by atoms with Gasteiger partial charge in [0.05, 0.1) is 6.04 Å². The predicted octanol–water partition coefficient (Wildman–Crippen LogP) is 1.74. The number of carbonyl (C=O) groups is 6. The average molecular weight is 640 g/mol. The predicted molar refractivity (Wildman–Crippen MR) is 154 cm³/mol. The van der Waals surface area contributed by atoms with E-state index in [4.69, 9.17) is 0 Å². The second kappa shape index (κ2) is 12.2. The van der Waals surface area contributed by atoms with E-state index in [0.717, 1.165) is 32.1 Å². The fourth-order valence-electron chi connectivity index (χ4n) is 8.23. The Morgan fingerprint density at radius 2 is 1.69 bits per heavy atom. The lowest BCUT2D eigenvalue weighted by atomic mass is 9.50. The van der Waals surface area contributed by atoms with Crippen molar-refractivity contribution in [1.82, 2.24) is 26.2 Å². The molecular formula is C31H44F3N5O6. The van der Waals surface area contributed by atoms with Gasteiger partial charge < -0.3 is 26.2 Å². The molecule has 1 spiro atoms. The molecule has 3 saturated carbocycles. The molecule has 11 nitrogen and oxygen atoms in total. The highest BCUT2D eigenvalue weighted by molar-refractivity contribution is 6.38. The van der Waals surface area contributed by atoms with Crippen molar-refractivity contribution in [3.8, 4) is 0 Å². The van der Waals surface area contributed by atoms with Crippen LogP contribution in [0.3, 0.4) is 0 Å². The molecule has 2 heterocycles. The van der Waals surface area contributed by atoms with E-state index in [1.165, 1.54) is 4.90 Å². The van der Waals surface area contributed by atoms with E-state index in [-0.39, 0.29) is 36.1 Å². The highest BCUT2D eigenvalue weighted by atomic mass is 19.4. The van der Waals surface area contributed by atoms with Crippen LogP contribution in [0.1, 0.15) is 85.0 Å². The Hall–Kier alpha value is -3.19. The largest absolute Gasteiger partial charge is 0.471 e. The molecular weight excluding hydrogens is 595 g/mol. The number of likely N-dealkylation sites (tertiary alicyclic amines) is 1. The van der Waals surface area contributed by atoms with Gasteiger partial charge in [-0.2, -0.15) is 13.2 Å². The normalized spacial score (nSPS) is 28.8. The third kappa shape index (κ3) is 6.98. The van der Waals surface area contributed by atoms with Crippen molar-refractivity contribution >= 4 is 35.3 Å². The van der Waals surface area contributed by atoms with Crippen molar-refractivity contribution in [2.24, 2.45) is 29.1 Å². The number of fused-ring (bicyclic) bond motifs is 1. The molecule has 0 aromatic carbocycles. The Morgan fingerprint density at radius 3 is 2.24 bits per heavy atom. The van der Waals surface area contributed by atoms with Gasteiger partial charge in [-0.25, -0.2) is 0 Å². The van der Waals surface area contributed by atoms with Gasteiger partial charge in [-0.3, -0.25) is 28.8 Å². The van der Waals surface area contributed by atoms with Crippen molar-refractivity contribution in [3.05, 3.63) is 0 Å². The van der Waals surface area contributed by atoms with Crippen LogP contribution in [0.25, 0.3) is 0 Å². The lowest BCUT2D eigenvalue weighted by Crippen LogP contribution is -2.62. The minimum Gasteiger partial charge on any atom is -0.356 e. The average Bonchev–Trinajstić information content (AvgIpc) is 3.59. The van der Waals surface area contributed by atoms with Gasteiger partial charge in [0.2, 0.25) is 23.5 Å². The Kier molecular flexibility index (Phi) is 9.00. The zero-order valence-electron chi connectivity index (χ0n) is 26.1. The van der Waals surface area contributed by atoms with Crippen LogP contribution in [0.4, 0.5) is 13.2 Å². The first kappa shape index (κ1) is 33.2. The van der Waals surface area contributed by atoms with E-state index in [2.05, 4.69) is 16.0 Å². The first-order chi connectivity index (χ1) is 21.0. The molecule has 0 aromatic heterocycles. The molecule has 250 valence electrons. The number of Topliss-reactive ketones (excluding diaryl/α,β-unsaturated/α-hetero) is 1. The Labute approximate surface area is 260 Å². The molecule has 45 heavy (non-hydrogen) atoms. The van der Waals surface area contributed by atoms with Gasteiger partial charge in [0.1, 0.15) is 12.1 Å². The topological polar surface area (TPSA) is 154 Å². The summed E-state index contributed by atoms with van der Waals surface area (Å²) < 4.78 is 40.0. The van der Waals surface area contributed by atoms with Gasteiger partial charge in [0.15, 0.2) is 0 Å². The van der Waals surface area contributed by atoms with Gasteiger partial charge in [-0.05, 0) is 95.3 Å². The van der Waals surface area contributed by atoms with Crippen molar-refractivity contribution in [3.63, 3.8) is 0 Å². The highest BCUT2D eigenvalue weighted by Crippen LogP contribution is 2.59. The number of carbonyl (C=O) groups excluding carboxylic acids is 6. The maximum Gasteiger partial charge on any atom is 0.471 e. The molecule has 0 unspecified atom stereocenters. The molecule has 2 aliphatic heterocycles. The van der Waals surface area contributed by atoms with Gasteiger partial charge in [0, 0.05) is 24.5 Å². The summed E-state index contributed by atoms with van der Waals surface area (Å²) in [6.45, 7) is 5.63. The first-order valence-electron chi connectivity index (χ1n) is 16.1. The van der Waals surface area contributed by atoms with Gasteiger partial charge in [-0.1, -0.05) is 12.8 Å². The molecule has 0 bridgehead atoms. The second-order valence-electron chi connectivity index (χ2n) is 14.9. The van der Waals surface area contributed by atoms with Gasteiger partial charge >= 0.3 is 12.1 Å². The van der Waals surface area contributed by atoms with Crippen LogP contribution in [0, 0.1) is 29.1 Å². The monoisotopic (exact) mass is 639 g/mol. The number of hydrogen-bond donors (Lipinski definition) is 4. The van der Waals surface area contributed by atoms with Gasteiger partial charge in [0.25, 0.3) is 5.91 Å². The van der Waals surface area contributed by atoms with Crippen molar-refractivity contribution in [2.75, 3.05) is 13.1 Å². The van der Waals surface area contributed by atoms with E-state index < -0.39 is 71.1 Å². The molecule has 0 aromatic rings. The van der Waals surface area contributed by atoms with E-state index in [9.17, 15) is 41.9 Å². The number of halogens is 3. The minimum absolute atomic E-state index is 0.0121. The number of amides is 5. The number of hydrogen-bond acceptors (Lipinski definition) is 6. The Balaban J connectivity index is 1.38. The Bertz CT molecular complexity index is 1240. The molecule has 3 aliphatic carbocycles. The lowest BCUT2D eigenvalue weighted by Gasteiger charge is -2.56. The summed E-state index contributed by atoms with van der Waals surface area (Å²) in [5, 5.41) is 9.91. The van der Waals surface area contributed by atoms with E-state index in [1.807, 2.05) is 5.32 Å². The maximum atomic E-state index is 14.1. The van der Waals surface area contributed by atoms with Crippen LogP contribution in [-0.4, -0.2) is 83.1 Å². The van der Waals surface area contributed by atoms with E-state index in [0.29, 0.717) is 32.2 Å². The molecule has 14 heteroatoms. The third-order valence-electron chi connectivity index (χ3n) is 10.6. The smallest absolute Gasteiger partial charge is 0.356 e. The van der Waals surface area contributed by atoms with Gasteiger partial charge in [-0.15, -0.1) is 0 Å². The summed E-state index contributed by atoms with van der Waals surface area (Å²) >= 11 is 0. The van der Waals surface area contributed by atoms with Crippen molar-refractivity contribution < 1.29 is 41.9 Å². The molecule has 4 N–H and O–H groups in total. The summed E-state index contributed by atoms with van der Waals surface area (Å²) in [6, 6.07) is -3.87. The van der Waals surface area contributed by atoms with Crippen LogP contribution in [-0.2, 0) is 28.8 Å². The maximum absolute atomic E-state index is 14.1. The van der Waals surface area contributed by atoms with E-state index >= 15 is 0 Å². The second-order valence-corrected chi connectivity index (χ2v) is 14.9. The van der Waals surface area contributed by atoms with Crippen LogP contribution in [0.5, 0.6) is 0 Å². The van der Waals surface area contributed by atoms with Crippen molar-refractivity contribution in [2.45, 2.75) is 115 Å². The van der Waals surface area contributed by atoms with Crippen molar-refractivity contribution in [1.29, 1.82) is 0 Å². The fraction of sp³-hybridized carbons (Fsp3) is 0.806. The number of nitrogens with zero attached hydrogens (tertiary/aromatic N) is 1. The van der Waals surface area contributed by atoms with E-state index in [1.54, 1.807) is 20.8 Å². The number of alkyl halides is 3. The highest BCUT2D eigenvalue weighted by Gasteiger charge is 2.57. The summed E-state index contributed by atoms with van der Waals surface area (Å²) in [6.07, 6.45) is 1.22. The summed E-state index contributed by atoms with van der Waals surface area (Å²) in [7, 11) is 0. The van der Waals surface area contributed by atoms with Crippen LogP contribution in [0.15, 0.2) is 0 Å². The minimum atomic E-state index is -5.18. The zero-order valence-corrected chi connectivity index (χ0v) is 26.1. The SMILES string of the molecule is CC(C)(C)NC(=O)C(=O)[C@H](C[C@@H]1CCNC1=O)NC(=O)[C@@H]1[C@H]2CCC[C@H]2CN1C(=O)[C@@H](NC(=O)C(F)(F)F)C1CC2(CCC2)C1. The zero-order chi connectivity index (χ0) is 32.9. The Morgan fingerprint density at radius 1 is 1.00 bits per heavy atom. The number of nitrogens with one attached hydrogen (secondary N) is 4. The summed E-state index contributed by atoms with van der Waals surface area (Å²) in [4.78, 5) is 80.1. The third-order valence-corrected chi connectivity index (χ3v) is 10.6. The molecule has 2 saturated heterocycles. The number of rotatable bonds is 9. The molecule has 5 rings (SSSR count). The summed E-state index contributed by atoms with van der Waals surface area (Å²) in [5.41, 5.74) is -0.731. The standard InChI is InChI=1S/C31H44F3N5O6/c1-29(2,3)38-26(43)23(40)20(12-16-8-11-35-24(16)41)36-25(42)22-19-7-4-6-17(19)15-39(22)27(44)21(37-28(45)31(32,33)34)18-13-30(14-18)9-5-10-30/h16-22H,4-15H2,1-3H3,(H,35,41)(H,36,42)(H,37,45)(H,38,43)/t16-,17-,19-,20-,21-,22-/m0/s1. The molecule has 0 radical (unpaired) electrons.